The van der Waals surface area contributed by atoms with Gasteiger partial charge >= 0.3 is 0 Å². The van der Waals surface area contributed by atoms with Crippen LogP contribution in [0.15, 0.2) is 63.7 Å². The normalized spacial score (nSPS) is 20.0. The van der Waals surface area contributed by atoms with Crippen molar-refractivity contribution in [2.24, 2.45) is 9.98 Å². The molecular formula is C24H31N7. The van der Waals surface area contributed by atoms with E-state index in [9.17, 15) is 0 Å². The summed E-state index contributed by atoms with van der Waals surface area (Å²) in [6.07, 6.45) is 6.10. The van der Waals surface area contributed by atoms with Crippen LogP contribution in [0, 0.1) is 6.92 Å². The number of aryl methyl sites for hydroxylation is 1. The van der Waals surface area contributed by atoms with Crippen LogP contribution < -0.4 is 5.32 Å². The number of likely N-dealkylation sites (N-methyl/N-ethyl adjacent to an activating group) is 1. The molecule has 0 saturated carbocycles. The fourth-order valence-electron chi connectivity index (χ4n) is 3.71. The Balaban J connectivity index is 1.63. The molecule has 4 rings (SSSR count). The zero-order valence-electron chi connectivity index (χ0n) is 18.6. The van der Waals surface area contributed by atoms with Gasteiger partial charge < -0.3 is 15.1 Å². The third-order valence-corrected chi connectivity index (χ3v) is 5.69. The molecule has 0 amide bonds. The van der Waals surface area contributed by atoms with Gasteiger partial charge in [-0.2, -0.15) is 15.1 Å². The average molecular weight is 418 g/mol. The van der Waals surface area contributed by atoms with Crippen LogP contribution in [-0.4, -0.2) is 65.0 Å². The minimum Gasteiger partial charge on any atom is -0.357 e. The molecule has 1 aromatic carbocycles. The molecule has 3 heterocycles. The molecule has 0 radical (unpaired) electrons. The lowest BCUT2D eigenvalue weighted by molar-refractivity contribution is 0.213. The second kappa shape index (κ2) is 9.75. The van der Waals surface area contributed by atoms with Crippen molar-refractivity contribution in [2.45, 2.75) is 26.7 Å². The highest BCUT2D eigenvalue weighted by Crippen LogP contribution is 2.19. The molecule has 2 aromatic rings. The maximum absolute atomic E-state index is 4.97. The Morgan fingerprint density at radius 2 is 1.77 bits per heavy atom. The monoisotopic (exact) mass is 417 g/mol. The highest BCUT2D eigenvalue weighted by molar-refractivity contribution is 5.98. The molecule has 7 nitrogen and oxygen atoms in total. The first-order chi connectivity index (χ1) is 15.1. The van der Waals surface area contributed by atoms with Crippen molar-refractivity contribution in [3.8, 4) is 0 Å². The number of piperazine rings is 1. The molecule has 1 saturated heterocycles. The van der Waals surface area contributed by atoms with Gasteiger partial charge in [-0.05, 0) is 44.5 Å². The van der Waals surface area contributed by atoms with E-state index in [1.165, 1.54) is 5.57 Å². The molecular weight excluding hydrogens is 386 g/mol. The number of aromatic nitrogens is 2. The molecule has 0 bridgehead atoms. The largest absolute Gasteiger partial charge is 0.357 e. The summed E-state index contributed by atoms with van der Waals surface area (Å²) >= 11 is 0. The van der Waals surface area contributed by atoms with E-state index in [2.05, 4.69) is 63.6 Å². The van der Waals surface area contributed by atoms with Crippen molar-refractivity contribution < 1.29 is 0 Å². The van der Waals surface area contributed by atoms with E-state index in [1.54, 1.807) is 0 Å². The van der Waals surface area contributed by atoms with E-state index in [1.807, 2.05) is 31.2 Å². The Kier molecular flexibility index (Phi) is 6.62. The smallest absolute Gasteiger partial charge is 0.230 e. The Morgan fingerprint density at radius 1 is 1.00 bits per heavy atom. The van der Waals surface area contributed by atoms with Gasteiger partial charge in [-0.25, -0.2) is 0 Å². The van der Waals surface area contributed by atoms with Crippen LogP contribution in [0.3, 0.4) is 0 Å². The van der Waals surface area contributed by atoms with Gasteiger partial charge in [-0.15, -0.1) is 0 Å². The zero-order chi connectivity index (χ0) is 21.6. The molecule has 0 spiro atoms. The average Bonchev–Trinajstić information content (AvgIpc) is 3.18. The van der Waals surface area contributed by atoms with Gasteiger partial charge in [0.25, 0.3) is 0 Å². The highest BCUT2D eigenvalue weighted by atomic mass is 15.3. The SMILES string of the molecule is CC1=C(/C=C/c2ccccc2)NC(=Nc2cc(C)[nH]n2)N=C(N2CCN(C)CC2)CC1. The summed E-state index contributed by atoms with van der Waals surface area (Å²) in [6.45, 7) is 8.25. The highest BCUT2D eigenvalue weighted by Gasteiger charge is 2.20. The number of allylic oxidation sites excluding steroid dienone is 2. The Hall–Kier alpha value is -3.19. The van der Waals surface area contributed by atoms with Crippen molar-refractivity contribution in [3.05, 3.63) is 65.0 Å². The summed E-state index contributed by atoms with van der Waals surface area (Å²) < 4.78 is 0. The summed E-state index contributed by atoms with van der Waals surface area (Å²) in [5, 5.41) is 10.7. The number of hydrogen-bond donors (Lipinski definition) is 2. The quantitative estimate of drug-likeness (QED) is 0.798. The van der Waals surface area contributed by atoms with Gasteiger partial charge in [0.2, 0.25) is 5.96 Å². The topological polar surface area (TPSA) is 71.9 Å². The van der Waals surface area contributed by atoms with E-state index in [0.717, 1.165) is 61.8 Å². The maximum Gasteiger partial charge on any atom is 0.230 e. The number of nitrogens with one attached hydrogen (secondary N) is 2. The fourth-order valence-corrected chi connectivity index (χ4v) is 3.71. The molecule has 162 valence electrons. The Bertz CT molecular complexity index is 1010. The van der Waals surface area contributed by atoms with Gasteiger partial charge in [0.15, 0.2) is 5.82 Å². The lowest BCUT2D eigenvalue weighted by atomic mass is 10.1. The molecule has 0 unspecified atom stereocenters. The van der Waals surface area contributed by atoms with E-state index in [-0.39, 0.29) is 0 Å². The van der Waals surface area contributed by atoms with Crippen molar-refractivity contribution in [1.82, 2.24) is 25.3 Å². The molecule has 1 aromatic heterocycles. The second-order valence-corrected chi connectivity index (χ2v) is 8.23. The first kappa shape index (κ1) is 21.1. The molecule has 2 N–H and O–H groups in total. The molecule has 2 aliphatic heterocycles. The third-order valence-electron chi connectivity index (χ3n) is 5.69. The number of H-pyrrole nitrogens is 1. The minimum atomic E-state index is 0.576. The number of benzene rings is 1. The summed E-state index contributed by atoms with van der Waals surface area (Å²) in [7, 11) is 2.17. The van der Waals surface area contributed by atoms with Crippen molar-refractivity contribution in [3.63, 3.8) is 0 Å². The van der Waals surface area contributed by atoms with E-state index in [4.69, 9.17) is 9.98 Å². The van der Waals surface area contributed by atoms with E-state index in [0.29, 0.717) is 11.8 Å². The standard InChI is InChI=1S/C24H31N7/c1-18-9-12-23(31-15-13-30(3)14-16-31)27-24(26-22-17-19(2)28-29-22)25-21(18)11-10-20-7-5-4-6-8-20/h4-8,10-11,17H,9,12-16H2,1-3H3,(H2,25,26,28,29)/b11-10+,21-18?,27-23?. The minimum absolute atomic E-state index is 0.576. The number of amidine groups is 1. The molecule has 1 fully saturated rings. The van der Waals surface area contributed by atoms with Gasteiger partial charge in [0.05, 0.1) is 0 Å². The number of aromatic amines is 1. The van der Waals surface area contributed by atoms with Crippen molar-refractivity contribution in [2.75, 3.05) is 33.2 Å². The summed E-state index contributed by atoms with van der Waals surface area (Å²) in [5.41, 5.74) is 4.47. The van der Waals surface area contributed by atoms with E-state index >= 15 is 0 Å². The van der Waals surface area contributed by atoms with Crippen molar-refractivity contribution in [1.29, 1.82) is 0 Å². The number of hydrogen-bond acceptors (Lipinski definition) is 4. The molecule has 31 heavy (non-hydrogen) atoms. The Morgan fingerprint density at radius 3 is 2.48 bits per heavy atom. The van der Waals surface area contributed by atoms with Crippen LogP contribution >= 0.6 is 0 Å². The van der Waals surface area contributed by atoms with Crippen LogP contribution in [0.25, 0.3) is 6.08 Å². The molecule has 0 aliphatic carbocycles. The van der Waals surface area contributed by atoms with Crippen LogP contribution in [-0.2, 0) is 0 Å². The summed E-state index contributed by atoms with van der Waals surface area (Å²) in [6, 6.07) is 12.2. The van der Waals surface area contributed by atoms with E-state index < -0.39 is 0 Å². The Labute approximate surface area is 184 Å². The summed E-state index contributed by atoms with van der Waals surface area (Å²) in [5.74, 6) is 2.30. The molecule has 7 heteroatoms. The predicted molar refractivity (Wildman–Crippen MR) is 127 cm³/mol. The van der Waals surface area contributed by atoms with Gasteiger partial charge in [-0.1, -0.05) is 36.4 Å². The zero-order valence-corrected chi connectivity index (χ0v) is 18.6. The van der Waals surface area contributed by atoms with Gasteiger partial charge in [0.1, 0.15) is 5.84 Å². The van der Waals surface area contributed by atoms with Crippen LogP contribution in [0.2, 0.25) is 0 Å². The molecule has 0 atom stereocenters. The van der Waals surface area contributed by atoms with Gasteiger partial charge in [-0.3, -0.25) is 5.10 Å². The van der Waals surface area contributed by atoms with Crippen molar-refractivity contribution >= 4 is 23.7 Å². The number of rotatable bonds is 3. The van der Waals surface area contributed by atoms with Crippen LogP contribution in [0.1, 0.15) is 31.0 Å². The second-order valence-electron chi connectivity index (χ2n) is 8.23. The number of guanidine groups is 1. The first-order valence-electron chi connectivity index (χ1n) is 10.9. The number of aliphatic imine (C=N–C) groups is 2. The third kappa shape index (κ3) is 5.70. The van der Waals surface area contributed by atoms with Crippen LogP contribution in [0.5, 0.6) is 0 Å². The fraction of sp³-hybridized carbons (Fsp3) is 0.375. The summed E-state index contributed by atoms with van der Waals surface area (Å²) in [4.78, 5) is 14.4. The molecule has 2 aliphatic rings. The maximum atomic E-state index is 4.97. The lowest BCUT2D eigenvalue weighted by Gasteiger charge is -2.35. The lowest BCUT2D eigenvalue weighted by Crippen LogP contribution is -2.47. The predicted octanol–water partition coefficient (Wildman–Crippen LogP) is 3.72. The number of nitrogens with zero attached hydrogens (tertiary/aromatic N) is 5. The first-order valence-corrected chi connectivity index (χ1v) is 10.9. The van der Waals surface area contributed by atoms with Gasteiger partial charge in [0, 0.05) is 50.1 Å². The van der Waals surface area contributed by atoms with Crippen LogP contribution in [0.4, 0.5) is 5.82 Å².